The molecule has 1 amide bonds. The molecule has 152 valence electrons. The molecule has 0 spiro atoms. The van der Waals surface area contributed by atoms with Crippen LogP contribution >= 0.6 is 34.4 Å². The molecule has 2 aliphatic rings. The number of carbonyl (C=O) groups is 1. The van der Waals surface area contributed by atoms with E-state index in [1.165, 1.54) is 39.9 Å². The summed E-state index contributed by atoms with van der Waals surface area (Å²) in [5.74, 6) is 0.729. The molecule has 1 unspecified atom stereocenters. The first-order valence-corrected chi connectivity index (χ1v) is 12.6. The fraction of sp³-hybridized carbons (Fsp3) is 0.500. The number of amides is 1. The predicted octanol–water partition coefficient (Wildman–Crippen LogP) is 4.18. The van der Waals surface area contributed by atoms with Crippen LogP contribution in [0.3, 0.4) is 0 Å². The Hall–Kier alpha value is -1.71. The van der Waals surface area contributed by atoms with E-state index in [0.717, 1.165) is 48.0 Å². The van der Waals surface area contributed by atoms with Crippen LogP contribution < -0.4 is 10.9 Å². The average molecular weight is 447 g/mol. The van der Waals surface area contributed by atoms with Gasteiger partial charge >= 0.3 is 0 Å². The maximum atomic E-state index is 12.7. The van der Waals surface area contributed by atoms with Gasteiger partial charge in [-0.3, -0.25) is 9.59 Å². The lowest BCUT2D eigenvalue weighted by molar-refractivity contribution is -0.113. The smallest absolute Gasteiger partial charge is 0.260 e. The zero-order valence-electron chi connectivity index (χ0n) is 16.2. The summed E-state index contributed by atoms with van der Waals surface area (Å²) in [4.78, 5) is 40.4. The summed E-state index contributed by atoms with van der Waals surface area (Å²) in [6.07, 6.45) is 7.54. The van der Waals surface area contributed by atoms with E-state index in [2.05, 4.69) is 27.2 Å². The second kappa shape index (κ2) is 7.85. The summed E-state index contributed by atoms with van der Waals surface area (Å²) in [7, 11) is 0. The number of hydrogen-bond acceptors (Lipinski definition) is 7. The van der Waals surface area contributed by atoms with Crippen LogP contribution in [0.15, 0.2) is 9.95 Å². The normalized spacial score (nSPS) is 18.4. The Balaban J connectivity index is 1.28. The molecular weight excluding hydrogens is 424 g/mol. The van der Waals surface area contributed by atoms with Crippen LogP contribution in [0.1, 0.15) is 47.2 Å². The number of anilines is 1. The highest BCUT2D eigenvalue weighted by atomic mass is 32.2. The molecule has 0 radical (unpaired) electrons. The van der Waals surface area contributed by atoms with Gasteiger partial charge in [0.15, 0.2) is 10.3 Å². The summed E-state index contributed by atoms with van der Waals surface area (Å²) in [5, 5.41) is 4.83. The van der Waals surface area contributed by atoms with E-state index < -0.39 is 0 Å². The summed E-state index contributed by atoms with van der Waals surface area (Å²) < 4.78 is 0. The highest BCUT2D eigenvalue weighted by Crippen LogP contribution is 2.36. The molecular formula is C20H22N4O2S3. The Morgan fingerprint density at radius 2 is 2.07 bits per heavy atom. The molecule has 1 atom stereocenters. The summed E-state index contributed by atoms with van der Waals surface area (Å²) in [6.45, 7) is 2.25. The van der Waals surface area contributed by atoms with E-state index in [9.17, 15) is 9.59 Å². The number of thiophene rings is 1. The number of rotatable bonds is 4. The third kappa shape index (κ3) is 3.87. The molecule has 0 saturated heterocycles. The molecule has 3 heterocycles. The highest BCUT2D eigenvalue weighted by Gasteiger charge is 2.23. The third-order valence-corrected chi connectivity index (χ3v) is 8.67. The van der Waals surface area contributed by atoms with Gasteiger partial charge in [-0.05, 0) is 56.4 Å². The molecule has 0 bridgehead atoms. The summed E-state index contributed by atoms with van der Waals surface area (Å²) in [5.41, 5.74) is 2.23. The second-order valence-corrected chi connectivity index (χ2v) is 11.0. The molecule has 0 aliphatic heterocycles. The van der Waals surface area contributed by atoms with Gasteiger partial charge in [0, 0.05) is 9.75 Å². The fourth-order valence-electron chi connectivity index (χ4n) is 4.09. The number of nitrogens with zero attached hydrogens (tertiary/aromatic N) is 2. The lowest BCUT2D eigenvalue weighted by atomic mass is 9.89. The lowest BCUT2D eigenvalue weighted by Crippen LogP contribution is -2.16. The van der Waals surface area contributed by atoms with Crippen molar-refractivity contribution < 1.29 is 4.79 Å². The van der Waals surface area contributed by atoms with Gasteiger partial charge in [-0.1, -0.05) is 18.7 Å². The van der Waals surface area contributed by atoms with Crippen LogP contribution in [0.5, 0.6) is 0 Å². The van der Waals surface area contributed by atoms with E-state index in [4.69, 9.17) is 0 Å². The summed E-state index contributed by atoms with van der Waals surface area (Å²) in [6, 6.07) is 0. The zero-order chi connectivity index (χ0) is 20.0. The minimum Gasteiger partial charge on any atom is -0.301 e. The Labute approximate surface area is 180 Å². The molecule has 2 N–H and O–H groups in total. The van der Waals surface area contributed by atoms with Crippen LogP contribution in [0.2, 0.25) is 0 Å². The number of thiazole rings is 1. The maximum absolute atomic E-state index is 12.7. The van der Waals surface area contributed by atoms with Crippen LogP contribution in [-0.4, -0.2) is 26.6 Å². The van der Waals surface area contributed by atoms with Crippen molar-refractivity contribution in [2.75, 3.05) is 11.1 Å². The largest absolute Gasteiger partial charge is 0.301 e. The van der Waals surface area contributed by atoms with Crippen molar-refractivity contribution in [3.8, 4) is 0 Å². The summed E-state index contributed by atoms with van der Waals surface area (Å²) >= 11 is 4.47. The maximum Gasteiger partial charge on any atom is 0.260 e. The van der Waals surface area contributed by atoms with E-state index in [1.54, 1.807) is 22.7 Å². The van der Waals surface area contributed by atoms with Crippen molar-refractivity contribution >= 4 is 55.7 Å². The van der Waals surface area contributed by atoms with E-state index in [1.807, 2.05) is 0 Å². The number of fused-ring (bicyclic) bond motifs is 4. The van der Waals surface area contributed by atoms with Gasteiger partial charge in [0.25, 0.3) is 5.56 Å². The molecule has 3 aromatic rings. The Morgan fingerprint density at radius 3 is 2.93 bits per heavy atom. The Morgan fingerprint density at radius 1 is 1.21 bits per heavy atom. The first kappa shape index (κ1) is 19.3. The average Bonchev–Trinajstić information content (AvgIpc) is 3.26. The SMILES string of the molecule is CC1CCc2c(sc3nc(SCC(=O)Nc4nc5c(s4)CCCC5)[nH]c(=O)c23)C1. The standard InChI is InChI=1S/C20H22N4O2S3/c1-10-6-7-11-14(8-10)28-18-16(11)17(26)23-19(24-18)27-9-15(25)22-20-21-12-4-2-3-5-13(12)29-20/h10H,2-9H2,1H3,(H,21,22,25)(H,23,24,26). The van der Waals surface area contributed by atoms with Crippen molar-refractivity contribution in [3.05, 3.63) is 31.4 Å². The van der Waals surface area contributed by atoms with E-state index in [-0.39, 0.29) is 17.2 Å². The predicted molar refractivity (Wildman–Crippen MR) is 120 cm³/mol. The molecule has 9 heteroatoms. The first-order valence-electron chi connectivity index (χ1n) is 10.0. The number of aromatic nitrogens is 3. The lowest BCUT2D eigenvalue weighted by Gasteiger charge is -2.17. The number of carbonyl (C=O) groups excluding carboxylic acids is 1. The minimum absolute atomic E-state index is 0.0856. The molecule has 0 saturated carbocycles. The molecule has 0 aromatic carbocycles. The van der Waals surface area contributed by atoms with Gasteiger partial charge < -0.3 is 10.3 Å². The topological polar surface area (TPSA) is 87.7 Å². The van der Waals surface area contributed by atoms with Crippen molar-refractivity contribution in [3.63, 3.8) is 0 Å². The van der Waals surface area contributed by atoms with Crippen molar-refractivity contribution in [1.82, 2.24) is 15.0 Å². The number of aryl methyl sites for hydroxylation is 3. The van der Waals surface area contributed by atoms with Crippen LogP contribution in [0.4, 0.5) is 5.13 Å². The quantitative estimate of drug-likeness (QED) is 0.464. The number of H-pyrrole nitrogens is 1. The monoisotopic (exact) mass is 446 g/mol. The Kier molecular flexibility index (Phi) is 5.21. The zero-order valence-corrected chi connectivity index (χ0v) is 18.6. The van der Waals surface area contributed by atoms with Gasteiger partial charge in [-0.15, -0.1) is 22.7 Å². The molecule has 2 aliphatic carbocycles. The Bertz CT molecular complexity index is 1120. The minimum atomic E-state index is -0.122. The molecule has 3 aromatic heterocycles. The van der Waals surface area contributed by atoms with Crippen molar-refractivity contribution in [2.24, 2.45) is 5.92 Å². The molecule has 0 fully saturated rings. The van der Waals surface area contributed by atoms with Gasteiger partial charge in [-0.2, -0.15) is 0 Å². The second-order valence-electron chi connectivity index (χ2n) is 7.84. The van der Waals surface area contributed by atoms with Crippen LogP contribution in [0.25, 0.3) is 10.2 Å². The van der Waals surface area contributed by atoms with Gasteiger partial charge in [-0.25, -0.2) is 9.97 Å². The number of hydrogen-bond donors (Lipinski definition) is 2. The van der Waals surface area contributed by atoms with E-state index >= 15 is 0 Å². The molecule has 5 rings (SSSR count). The number of thioether (sulfide) groups is 1. The molecule has 6 nitrogen and oxygen atoms in total. The first-order chi connectivity index (χ1) is 14.1. The van der Waals surface area contributed by atoms with Crippen LogP contribution in [-0.2, 0) is 30.5 Å². The fourth-order valence-corrected chi connectivity index (χ4v) is 7.26. The van der Waals surface area contributed by atoms with Gasteiger partial charge in [0.2, 0.25) is 5.91 Å². The van der Waals surface area contributed by atoms with Crippen molar-refractivity contribution in [2.45, 2.75) is 57.0 Å². The third-order valence-electron chi connectivity index (χ3n) is 5.58. The van der Waals surface area contributed by atoms with Crippen molar-refractivity contribution in [1.29, 1.82) is 0 Å². The van der Waals surface area contributed by atoms with E-state index in [0.29, 0.717) is 16.2 Å². The van der Waals surface area contributed by atoms with Gasteiger partial charge in [0.1, 0.15) is 4.83 Å². The molecule has 29 heavy (non-hydrogen) atoms. The van der Waals surface area contributed by atoms with Gasteiger partial charge in [0.05, 0.1) is 16.8 Å². The number of aromatic amines is 1. The number of nitrogens with one attached hydrogen (secondary N) is 2. The van der Waals surface area contributed by atoms with Crippen LogP contribution in [0, 0.1) is 5.92 Å². The highest BCUT2D eigenvalue weighted by molar-refractivity contribution is 7.99.